The van der Waals surface area contributed by atoms with Crippen LogP contribution in [0.25, 0.3) is 22.6 Å². The van der Waals surface area contributed by atoms with E-state index < -0.39 is 15.2 Å². The van der Waals surface area contributed by atoms with Crippen LogP contribution in [0.15, 0.2) is 42.6 Å². The van der Waals surface area contributed by atoms with Crippen molar-refractivity contribution < 1.29 is 14.0 Å². The summed E-state index contributed by atoms with van der Waals surface area (Å²) in [6, 6.07) is 14.2. The summed E-state index contributed by atoms with van der Waals surface area (Å²) < 4.78 is 20.9. The molecule has 1 aliphatic heterocycles. The molecule has 35 heavy (non-hydrogen) atoms. The first-order valence-corrected chi connectivity index (χ1v) is 16.4. The van der Waals surface area contributed by atoms with Crippen LogP contribution >= 0.6 is 0 Å². The van der Waals surface area contributed by atoms with Gasteiger partial charge in [-0.1, -0.05) is 62.1 Å². The molecule has 0 spiro atoms. The van der Waals surface area contributed by atoms with Crippen LogP contribution in [0.5, 0.6) is 0 Å². The molecular weight excluding hydrogens is 451 g/mol. The number of benzene rings is 2. The van der Waals surface area contributed by atoms with Crippen molar-refractivity contribution in [3.63, 3.8) is 0 Å². The second kappa shape index (κ2) is 8.73. The molecule has 1 aliphatic carbocycles. The summed E-state index contributed by atoms with van der Waals surface area (Å²) in [6.45, 7) is 16.7. The van der Waals surface area contributed by atoms with Crippen LogP contribution in [0.3, 0.4) is 0 Å². The maximum Gasteiger partial charge on any atom is 0.494 e. The molecule has 0 atom stereocenters. The Kier molecular flexibility index (Phi) is 6.11. The van der Waals surface area contributed by atoms with Gasteiger partial charge < -0.3 is 14.0 Å². The Balaban J connectivity index is 1.53. The Hall–Kier alpha value is -2.19. The Morgan fingerprint density at radius 3 is 2.46 bits per heavy atom. The third kappa shape index (κ3) is 4.79. The molecule has 1 aromatic heterocycles. The van der Waals surface area contributed by atoms with E-state index >= 15 is 0 Å². The van der Waals surface area contributed by atoms with Gasteiger partial charge in [-0.15, -0.1) is 0 Å². The lowest BCUT2D eigenvalue weighted by atomic mass is 9.77. The van der Waals surface area contributed by atoms with Gasteiger partial charge in [0.2, 0.25) is 0 Å². The fourth-order valence-corrected chi connectivity index (χ4v) is 5.45. The highest BCUT2D eigenvalue weighted by atomic mass is 28.3. The fraction of sp³-hybridized carbons (Fsp3) is 0.464. The van der Waals surface area contributed by atoms with Crippen molar-refractivity contribution in [2.45, 2.75) is 77.7 Å². The molecule has 7 heteroatoms. The zero-order chi connectivity index (χ0) is 25.0. The Morgan fingerprint density at radius 1 is 1.06 bits per heavy atom. The molecule has 5 nitrogen and oxygen atoms in total. The zero-order valence-corrected chi connectivity index (χ0v) is 23.1. The van der Waals surface area contributed by atoms with Crippen LogP contribution in [-0.2, 0) is 27.2 Å². The zero-order valence-electron chi connectivity index (χ0n) is 22.1. The average molecular weight is 489 g/mol. The minimum Gasteiger partial charge on any atom is -0.399 e. The molecule has 1 fully saturated rings. The first kappa shape index (κ1) is 24.5. The average Bonchev–Trinajstić information content (AvgIpc) is 3.44. The second-order valence-corrected chi connectivity index (χ2v) is 17.8. The quantitative estimate of drug-likeness (QED) is 0.314. The Morgan fingerprint density at radius 2 is 1.77 bits per heavy atom. The normalized spacial score (nSPS) is 18.8. The van der Waals surface area contributed by atoms with Crippen molar-refractivity contribution in [2.75, 3.05) is 6.61 Å². The van der Waals surface area contributed by atoms with Gasteiger partial charge in [-0.2, -0.15) is 5.10 Å². The molecule has 0 N–H and O–H groups in total. The van der Waals surface area contributed by atoms with Crippen LogP contribution in [-0.4, -0.2) is 42.8 Å². The van der Waals surface area contributed by atoms with E-state index in [1.54, 1.807) is 0 Å². The first-order valence-electron chi connectivity index (χ1n) is 12.7. The third-order valence-corrected chi connectivity index (χ3v) is 9.31. The van der Waals surface area contributed by atoms with Gasteiger partial charge in [-0.3, -0.25) is 0 Å². The van der Waals surface area contributed by atoms with Gasteiger partial charge in [0.15, 0.2) is 0 Å². The van der Waals surface area contributed by atoms with Crippen molar-refractivity contribution in [2.24, 2.45) is 0 Å². The first-order chi connectivity index (χ1) is 16.4. The van der Waals surface area contributed by atoms with Crippen molar-refractivity contribution in [3.8, 4) is 0 Å². The summed E-state index contributed by atoms with van der Waals surface area (Å²) >= 11 is 0. The monoisotopic (exact) mass is 488 g/mol. The highest BCUT2D eigenvalue weighted by molar-refractivity contribution is 6.76. The maximum atomic E-state index is 6.41. The highest BCUT2D eigenvalue weighted by Gasteiger charge is 2.51. The second-order valence-electron chi connectivity index (χ2n) is 12.1. The standard InChI is InChI=1S/C28H37BN2O3Si/c1-27(2)28(3,4)34-29(33-27)24-16-23-18-30-31(19-32-12-13-35(5,6)7)26(23)25(17-24)22-14-20-10-8-9-11-21(20)15-22/h8-11,14,16-18H,12-13,15,19H2,1-7H3. The Bertz CT molecular complexity index is 1270. The van der Waals surface area contributed by atoms with Gasteiger partial charge in [0.25, 0.3) is 0 Å². The summed E-state index contributed by atoms with van der Waals surface area (Å²) in [5, 5.41) is 5.81. The van der Waals surface area contributed by atoms with Crippen molar-refractivity contribution >= 4 is 43.2 Å². The third-order valence-electron chi connectivity index (χ3n) is 7.60. The van der Waals surface area contributed by atoms with Crippen LogP contribution in [0.4, 0.5) is 0 Å². The number of ether oxygens (including phenoxy) is 1. The summed E-state index contributed by atoms with van der Waals surface area (Å²) in [7, 11) is -1.55. The van der Waals surface area contributed by atoms with Crippen molar-refractivity contribution in [3.05, 3.63) is 59.3 Å². The lowest BCUT2D eigenvalue weighted by Crippen LogP contribution is -2.41. The van der Waals surface area contributed by atoms with E-state index in [1.165, 1.54) is 22.3 Å². The predicted octanol–water partition coefficient (Wildman–Crippen LogP) is 5.74. The molecule has 3 aromatic rings. The summed E-state index contributed by atoms with van der Waals surface area (Å²) in [5.74, 6) is 0. The topological polar surface area (TPSA) is 45.5 Å². The van der Waals surface area contributed by atoms with E-state index in [9.17, 15) is 0 Å². The van der Waals surface area contributed by atoms with E-state index in [-0.39, 0.29) is 11.2 Å². The van der Waals surface area contributed by atoms with Crippen LogP contribution in [0, 0.1) is 0 Å². The molecule has 2 aromatic carbocycles. The summed E-state index contributed by atoms with van der Waals surface area (Å²) in [6.07, 6.45) is 5.15. The predicted molar refractivity (Wildman–Crippen MR) is 148 cm³/mol. The number of hydrogen-bond acceptors (Lipinski definition) is 4. The number of allylic oxidation sites excluding steroid dienone is 1. The molecule has 5 rings (SSSR count). The van der Waals surface area contributed by atoms with Crippen LogP contribution in [0.2, 0.25) is 25.7 Å². The van der Waals surface area contributed by atoms with Gasteiger partial charge in [0, 0.05) is 25.6 Å². The molecule has 0 radical (unpaired) electrons. The highest BCUT2D eigenvalue weighted by Crippen LogP contribution is 2.38. The maximum absolute atomic E-state index is 6.41. The minimum absolute atomic E-state index is 0.385. The molecular formula is C28H37BN2O3Si. The van der Waals surface area contributed by atoms with Gasteiger partial charge in [-0.25, -0.2) is 4.68 Å². The van der Waals surface area contributed by atoms with Gasteiger partial charge in [0.05, 0.1) is 22.9 Å². The van der Waals surface area contributed by atoms with E-state index in [2.05, 4.69) is 89.8 Å². The fourth-order valence-electron chi connectivity index (χ4n) is 4.70. The SMILES string of the molecule is CC1(C)OB(c2cc(C3=Cc4ccccc4C3)c3c(cnn3COCC[Si](C)(C)C)c2)OC1(C)C. The summed E-state index contributed by atoms with van der Waals surface area (Å²) in [4.78, 5) is 0. The minimum atomic E-state index is -1.14. The molecule has 0 amide bonds. The molecule has 0 unspecified atom stereocenters. The van der Waals surface area contributed by atoms with Gasteiger partial charge in [-0.05, 0) is 62.3 Å². The van der Waals surface area contributed by atoms with Crippen LogP contribution in [0.1, 0.15) is 44.4 Å². The smallest absolute Gasteiger partial charge is 0.399 e. The van der Waals surface area contributed by atoms with Crippen molar-refractivity contribution in [1.82, 2.24) is 9.78 Å². The number of hydrogen-bond donors (Lipinski definition) is 0. The lowest BCUT2D eigenvalue weighted by molar-refractivity contribution is 0.00578. The van der Waals surface area contributed by atoms with E-state index in [1.807, 2.05) is 10.9 Å². The molecule has 1 saturated heterocycles. The van der Waals surface area contributed by atoms with E-state index in [0.717, 1.165) is 35.4 Å². The molecule has 0 bridgehead atoms. The number of aromatic nitrogens is 2. The molecule has 184 valence electrons. The Labute approximate surface area is 210 Å². The van der Waals surface area contributed by atoms with E-state index in [0.29, 0.717) is 6.73 Å². The number of nitrogens with zero attached hydrogens (tertiary/aromatic N) is 2. The van der Waals surface area contributed by atoms with Crippen LogP contribution < -0.4 is 5.46 Å². The number of fused-ring (bicyclic) bond motifs is 2. The van der Waals surface area contributed by atoms with Gasteiger partial charge >= 0.3 is 7.12 Å². The molecule has 2 heterocycles. The largest absolute Gasteiger partial charge is 0.494 e. The van der Waals surface area contributed by atoms with Gasteiger partial charge in [0.1, 0.15) is 6.73 Å². The summed E-state index contributed by atoms with van der Waals surface area (Å²) in [5.41, 5.74) is 6.48. The lowest BCUT2D eigenvalue weighted by Gasteiger charge is -2.32. The van der Waals surface area contributed by atoms with E-state index in [4.69, 9.17) is 19.1 Å². The number of rotatable bonds is 7. The van der Waals surface area contributed by atoms with Crippen molar-refractivity contribution in [1.29, 1.82) is 0 Å². The molecule has 2 aliphatic rings. The molecule has 0 saturated carbocycles.